The summed E-state index contributed by atoms with van der Waals surface area (Å²) >= 11 is 0. The van der Waals surface area contributed by atoms with Crippen molar-refractivity contribution in [2.24, 2.45) is 4.99 Å². The molecule has 0 bridgehead atoms. The summed E-state index contributed by atoms with van der Waals surface area (Å²) in [5, 5.41) is 6.12. The van der Waals surface area contributed by atoms with E-state index in [1.807, 2.05) is 0 Å². The lowest BCUT2D eigenvalue weighted by Crippen LogP contribution is -2.39. The van der Waals surface area contributed by atoms with Crippen LogP contribution < -0.4 is 15.4 Å². The molecule has 0 spiro atoms. The Morgan fingerprint density at radius 2 is 1.95 bits per heavy atom. The molecular weight excluding hydrogens is 379 g/mol. The molecule has 0 radical (unpaired) electrons. The molecule has 0 fully saturated rings. The fourth-order valence-corrected chi connectivity index (χ4v) is 1.39. The Balaban J connectivity index is 0.00000361. The SMILES string of the molecule is CCCNC(=NC)NCCOc1ccc(F)cc1F.I. The van der Waals surface area contributed by atoms with Crippen molar-refractivity contribution in [3.05, 3.63) is 29.8 Å². The Morgan fingerprint density at radius 3 is 2.55 bits per heavy atom. The average Bonchev–Trinajstić information content (AvgIpc) is 2.40. The Hall–Kier alpha value is -1.12. The van der Waals surface area contributed by atoms with Crippen LogP contribution in [0.5, 0.6) is 5.75 Å². The Morgan fingerprint density at radius 1 is 1.25 bits per heavy atom. The highest BCUT2D eigenvalue weighted by Gasteiger charge is 2.04. The van der Waals surface area contributed by atoms with Crippen LogP contribution in [-0.2, 0) is 0 Å². The predicted molar refractivity (Wildman–Crippen MR) is 86.9 cm³/mol. The number of aliphatic imine (C=N–C) groups is 1. The van der Waals surface area contributed by atoms with Gasteiger partial charge in [-0.05, 0) is 18.6 Å². The second kappa shape index (κ2) is 10.6. The van der Waals surface area contributed by atoms with E-state index in [2.05, 4.69) is 22.5 Å². The van der Waals surface area contributed by atoms with E-state index in [1.54, 1.807) is 7.05 Å². The van der Waals surface area contributed by atoms with Crippen molar-refractivity contribution >= 4 is 29.9 Å². The normalized spacial score (nSPS) is 10.7. The van der Waals surface area contributed by atoms with Gasteiger partial charge in [-0.15, -0.1) is 24.0 Å². The van der Waals surface area contributed by atoms with Crippen molar-refractivity contribution in [3.8, 4) is 5.75 Å². The summed E-state index contributed by atoms with van der Waals surface area (Å²) in [5.74, 6) is -0.606. The van der Waals surface area contributed by atoms with Gasteiger partial charge in [0, 0.05) is 19.7 Å². The third kappa shape index (κ3) is 6.88. The van der Waals surface area contributed by atoms with Crippen LogP contribution in [0.3, 0.4) is 0 Å². The van der Waals surface area contributed by atoms with Crippen LogP contribution in [0.25, 0.3) is 0 Å². The van der Waals surface area contributed by atoms with E-state index in [-0.39, 0.29) is 36.3 Å². The minimum absolute atomic E-state index is 0. The van der Waals surface area contributed by atoms with Crippen LogP contribution >= 0.6 is 24.0 Å². The molecule has 7 heteroatoms. The minimum atomic E-state index is -0.700. The number of hydrogen-bond donors (Lipinski definition) is 2. The van der Waals surface area contributed by atoms with Gasteiger partial charge >= 0.3 is 0 Å². The van der Waals surface area contributed by atoms with E-state index in [0.717, 1.165) is 25.1 Å². The third-order valence-corrected chi connectivity index (χ3v) is 2.31. The number of nitrogens with zero attached hydrogens (tertiary/aromatic N) is 1. The molecule has 0 aliphatic carbocycles. The number of ether oxygens (including phenoxy) is 1. The largest absolute Gasteiger partial charge is 0.489 e. The van der Waals surface area contributed by atoms with E-state index < -0.39 is 11.6 Å². The van der Waals surface area contributed by atoms with Gasteiger partial charge < -0.3 is 15.4 Å². The molecule has 114 valence electrons. The van der Waals surface area contributed by atoms with Crippen LogP contribution in [-0.4, -0.2) is 32.7 Å². The molecule has 20 heavy (non-hydrogen) atoms. The molecule has 0 aliphatic rings. The van der Waals surface area contributed by atoms with Gasteiger partial charge in [-0.25, -0.2) is 8.78 Å². The quantitative estimate of drug-likeness (QED) is 0.335. The molecule has 2 N–H and O–H groups in total. The van der Waals surface area contributed by atoms with Gasteiger partial charge in [0.2, 0.25) is 0 Å². The van der Waals surface area contributed by atoms with E-state index in [4.69, 9.17) is 4.74 Å². The average molecular weight is 399 g/mol. The number of nitrogens with one attached hydrogen (secondary N) is 2. The van der Waals surface area contributed by atoms with E-state index in [0.29, 0.717) is 12.5 Å². The van der Waals surface area contributed by atoms with Gasteiger partial charge in [0.1, 0.15) is 12.4 Å². The summed E-state index contributed by atoms with van der Waals surface area (Å²) < 4.78 is 31.1. The highest BCUT2D eigenvalue weighted by molar-refractivity contribution is 14.0. The lowest BCUT2D eigenvalue weighted by atomic mass is 10.3. The van der Waals surface area contributed by atoms with Gasteiger partial charge in [-0.3, -0.25) is 4.99 Å². The zero-order chi connectivity index (χ0) is 14.1. The van der Waals surface area contributed by atoms with Crippen LogP contribution in [0, 0.1) is 11.6 Å². The van der Waals surface area contributed by atoms with Crippen molar-refractivity contribution in [3.63, 3.8) is 0 Å². The lowest BCUT2D eigenvalue weighted by Gasteiger charge is -2.12. The van der Waals surface area contributed by atoms with E-state index in [1.165, 1.54) is 6.07 Å². The first-order valence-electron chi connectivity index (χ1n) is 6.19. The molecule has 0 saturated heterocycles. The first-order chi connectivity index (χ1) is 9.17. The molecule has 4 nitrogen and oxygen atoms in total. The topological polar surface area (TPSA) is 45.7 Å². The van der Waals surface area contributed by atoms with E-state index in [9.17, 15) is 8.78 Å². The molecule has 1 aromatic rings. The number of hydrogen-bond acceptors (Lipinski definition) is 2. The summed E-state index contributed by atoms with van der Waals surface area (Å²) in [6.45, 7) is 3.61. The van der Waals surface area contributed by atoms with Gasteiger partial charge in [0.05, 0.1) is 6.54 Å². The Bertz CT molecular complexity index is 430. The number of rotatable bonds is 6. The van der Waals surface area contributed by atoms with E-state index >= 15 is 0 Å². The van der Waals surface area contributed by atoms with Gasteiger partial charge in [-0.2, -0.15) is 0 Å². The summed E-state index contributed by atoms with van der Waals surface area (Å²) in [5.41, 5.74) is 0. The Labute approximate surface area is 135 Å². The molecule has 0 aromatic heterocycles. The first-order valence-corrected chi connectivity index (χ1v) is 6.19. The smallest absolute Gasteiger partial charge is 0.191 e. The standard InChI is InChI=1S/C13H19F2N3O.HI/c1-3-6-17-13(16-2)18-7-8-19-12-5-4-10(14)9-11(12)15;/h4-5,9H,3,6-8H2,1-2H3,(H2,16,17,18);1H. The molecule has 0 atom stereocenters. The second-order valence-corrected chi connectivity index (χ2v) is 3.85. The summed E-state index contributed by atoms with van der Waals surface area (Å²) in [6.07, 6.45) is 0.998. The fraction of sp³-hybridized carbons (Fsp3) is 0.462. The zero-order valence-electron chi connectivity index (χ0n) is 11.6. The third-order valence-electron chi connectivity index (χ3n) is 2.31. The van der Waals surface area contributed by atoms with Crippen molar-refractivity contribution in [2.75, 3.05) is 26.7 Å². The molecule has 1 rings (SSSR count). The molecule has 0 saturated carbocycles. The molecule has 0 aliphatic heterocycles. The summed E-state index contributed by atoms with van der Waals surface area (Å²) in [4.78, 5) is 4.01. The van der Waals surface area contributed by atoms with Crippen LogP contribution in [0.4, 0.5) is 8.78 Å². The molecule has 0 heterocycles. The predicted octanol–water partition coefficient (Wildman–Crippen LogP) is 2.54. The van der Waals surface area contributed by atoms with Crippen LogP contribution in [0.2, 0.25) is 0 Å². The summed E-state index contributed by atoms with van der Waals surface area (Å²) in [7, 11) is 1.67. The Kier molecular flexibility index (Phi) is 10.0. The van der Waals surface area contributed by atoms with Gasteiger partial charge in [0.25, 0.3) is 0 Å². The summed E-state index contributed by atoms with van der Waals surface area (Å²) in [6, 6.07) is 3.23. The molecule has 0 amide bonds. The van der Waals surface area contributed by atoms with Crippen LogP contribution in [0.15, 0.2) is 23.2 Å². The lowest BCUT2D eigenvalue weighted by molar-refractivity contribution is 0.304. The maximum Gasteiger partial charge on any atom is 0.191 e. The van der Waals surface area contributed by atoms with Crippen molar-refractivity contribution in [2.45, 2.75) is 13.3 Å². The number of guanidine groups is 1. The minimum Gasteiger partial charge on any atom is -0.489 e. The maximum atomic E-state index is 13.2. The fourth-order valence-electron chi connectivity index (χ4n) is 1.39. The molecular formula is C13H20F2IN3O. The first kappa shape index (κ1) is 18.9. The molecule has 0 unspecified atom stereocenters. The number of halogens is 3. The zero-order valence-corrected chi connectivity index (χ0v) is 13.9. The van der Waals surface area contributed by atoms with Crippen molar-refractivity contribution < 1.29 is 13.5 Å². The highest BCUT2D eigenvalue weighted by atomic mass is 127. The monoisotopic (exact) mass is 399 g/mol. The molecule has 1 aromatic carbocycles. The van der Waals surface area contributed by atoms with Crippen molar-refractivity contribution in [1.29, 1.82) is 0 Å². The maximum absolute atomic E-state index is 13.2. The van der Waals surface area contributed by atoms with Crippen molar-refractivity contribution in [1.82, 2.24) is 10.6 Å². The van der Waals surface area contributed by atoms with Gasteiger partial charge in [0.15, 0.2) is 17.5 Å². The number of benzene rings is 1. The second-order valence-electron chi connectivity index (χ2n) is 3.85. The van der Waals surface area contributed by atoms with Crippen LogP contribution in [0.1, 0.15) is 13.3 Å². The highest BCUT2D eigenvalue weighted by Crippen LogP contribution is 2.17. The van der Waals surface area contributed by atoms with Gasteiger partial charge in [-0.1, -0.05) is 6.92 Å².